The van der Waals surface area contributed by atoms with Crippen LogP contribution in [0.3, 0.4) is 0 Å². The summed E-state index contributed by atoms with van der Waals surface area (Å²) >= 11 is 7.79. The molecule has 5 rings (SSSR count). The number of piperazine rings is 1. The number of aromatic nitrogens is 2. The first-order valence-electron chi connectivity index (χ1n) is 12.4. The molecule has 1 fully saturated rings. The number of aryl methyl sites for hydroxylation is 2. The van der Waals surface area contributed by atoms with Gasteiger partial charge in [-0.3, -0.25) is 0 Å². The highest BCUT2D eigenvalue weighted by atomic mass is 35.5. The summed E-state index contributed by atoms with van der Waals surface area (Å²) in [6, 6.07) is 6.40. The van der Waals surface area contributed by atoms with Crippen LogP contribution in [0.15, 0.2) is 29.2 Å². The van der Waals surface area contributed by atoms with Crippen LogP contribution < -0.4 is 4.90 Å². The molecule has 0 bridgehead atoms. The second-order valence-electron chi connectivity index (χ2n) is 10.7. The molecule has 35 heavy (non-hydrogen) atoms. The first-order chi connectivity index (χ1) is 16.6. The van der Waals surface area contributed by atoms with Crippen molar-refractivity contribution in [2.75, 3.05) is 31.1 Å². The van der Waals surface area contributed by atoms with E-state index >= 15 is 0 Å². The third-order valence-electron chi connectivity index (χ3n) is 7.47. The molecule has 9 heteroatoms. The van der Waals surface area contributed by atoms with Crippen LogP contribution in [0.1, 0.15) is 50.4 Å². The molecular weight excluding hydrogens is 500 g/mol. The summed E-state index contributed by atoms with van der Waals surface area (Å²) < 4.78 is 27.9. The average molecular weight is 533 g/mol. The van der Waals surface area contributed by atoms with Crippen molar-refractivity contribution in [3.8, 4) is 0 Å². The van der Waals surface area contributed by atoms with Gasteiger partial charge in [0.1, 0.15) is 16.5 Å². The smallest absolute Gasteiger partial charge is 0.243 e. The Morgan fingerprint density at radius 1 is 1.09 bits per heavy atom. The van der Waals surface area contributed by atoms with Crippen LogP contribution >= 0.6 is 22.9 Å². The maximum atomic E-state index is 13.2. The first-order valence-corrected chi connectivity index (χ1v) is 15.0. The fourth-order valence-corrected chi connectivity index (χ4v) is 8.08. The lowest BCUT2D eigenvalue weighted by Gasteiger charge is -2.36. The topological polar surface area (TPSA) is 66.4 Å². The molecule has 6 nitrogen and oxygen atoms in total. The van der Waals surface area contributed by atoms with E-state index in [0.29, 0.717) is 42.5 Å². The van der Waals surface area contributed by atoms with Crippen molar-refractivity contribution in [3.05, 3.63) is 45.6 Å². The van der Waals surface area contributed by atoms with E-state index in [9.17, 15) is 8.42 Å². The summed E-state index contributed by atoms with van der Waals surface area (Å²) in [5.74, 6) is 2.52. The minimum Gasteiger partial charge on any atom is -0.353 e. The molecule has 1 aliphatic carbocycles. The van der Waals surface area contributed by atoms with Crippen molar-refractivity contribution in [1.82, 2.24) is 14.3 Å². The molecule has 1 aliphatic heterocycles. The van der Waals surface area contributed by atoms with Crippen molar-refractivity contribution in [3.63, 3.8) is 0 Å². The predicted molar refractivity (Wildman–Crippen MR) is 144 cm³/mol. The number of anilines is 1. The van der Waals surface area contributed by atoms with Gasteiger partial charge in [-0.2, -0.15) is 4.31 Å². The normalized spacial score (nSPS) is 19.8. The van der Waals surface area contributed by atoms with Crippen molar-refractivity contribution < 1.29 is 8.42 Å². The molecule has 0 spiro atoms. The largest absolute Gasteiger partial charge is 0.353 e. The maximum Gasteiger partial charge on any atom is 0.243 e. The molecule has 3 aromatic rings. The first kappa shape index (κ1) is 24.9. The Morgan fingerprint density at radius 2 is 1.77 bits per heavy atom. The molecule has 0 radical (unpaired) electrons. The molecule has 1 saturated heterocycles. The Kier molecular flexibility index (Phi) is 6.62. The molecule has 2 aromatic heterocycles. The Bertz CT molecular complexity index is 1340. The molecule has 2 aliphatic rings. The summed E-state index contributed by atoms with van der Waals surface area (Å²) in [5.41, 5.74) is 1.71. The Balaban J connectivity index is 1.44. The summed E-state index contributed by atoms with van der Waals surface area (Å²) in [5, 5.41) is 1.73. The monoisotopic (exact) mass is 532 g/mol. The number of hydrogen-bond acceptors (Lipinski definition) is 6. The molecule has 1 atom stereocenters. The average Bonchev–Trinajstić information content (AvgIpc) is 3.21. The number of nitrogens with zero attached hydrogens (tertiary/aromatic N) is 4. The van der Waals surface area contributed by atoms with Gasteiger partial charge in [-0.05, 0) is 60.4 Å². The Morgan fingerprint density at radius 3 is 2.40 bits per heavy atom. The Hall–Kier alpha value is -1.74. The van der Waals surface area contributed by atoms with E-state index in [1.807, 2.05) is 11.3 Å². The van der Waals surface area contributed by atoms with Crippen LogP contribution in [-0.4, -0.2) is 48.9 Å². The second kappa shape index (κ2) is 9.29. The molecule has 188 valence electrons. The van der Waals surface area contributed by atoms with E-state index in [-0.39, 0.29) is 4.90 Å². The summed E-state index contributed by atoms with van der Waals surface area (Å²) in [7, 11) is -3.55. The van der Waals surface area contributed by atoms with Crippen molar-refractivity contribution in [2.45, 2.75) is 58.3 Å². The zero-order valence-corrected chi connectivity index (χ0v) is 23.2. The van der Waals surface area contributed by atoms with Gasteiger partial charge in [0.05, 0.1) is 10.3 Å². The zero-order valence-electron chi connectivity index (χ0n) is 20.8. The van der Waals surface area contributed by atoms with Crippen LogP contribution in [0.4, 0.5) is 5.82 Å². The van der Waals surface area contributed by atoms with Crippen LogP contribution in [-0.2, 0) is 29.3 Å². The number of halogens is 1. The molecule has 0 N–H and O–H groups in total. The summed E-state index contributed by atoms with van der Waals surface area (Å²) in [4.78, 5) is 15.0. The lowest BCUT2D eigenvalue weighted by molar-refractivity contribution is 0.218. The second-order valence-corrected chi connectivity index (χ2v) is 14.1. The van der Waals surface area contributed by atoms with E-state index in [2.05, 4.69) is 32.6 Å². The predicted octanol–water partition coefficient (Wildman–Crippen LogP) is 5.57. The standard InChI is InChI=1S/C26H33ClN4O2S2/c1-5-22-28-24(23-20-11-6-17(26(2,3)4)16-21(20)34-25(23)29-22)30-12-14-31(15-13-30)35(32,33)19-9-7-18(27)8-10-19/h7-10,17H,5-6,11-16H2,1-4H3/t17-/m1/s1. The highest BCUT2D eigenvalue weighted by Gasteiger charge is 2.34. The van der Waals surface area contributed by atoms with Crippen LogP contribution in [0, 0.1) is 11.3 Å². The summed E-state index contributed by atoms with van der Waals surface area (Å²) in [6.07, 6.45) is 4.13. The third-order valence-corrected chi connectivity index (χ3v) is 10.8. The fraction of sp³-hybridized carbons (Fsp3) is 0.538. The number of benzene rings is 1. The van der Waals surface area contributed by atoms with Crippen LogP contribution in [0.25, 0.3) is 10.2 Å². The van der Waals surface area contributed by atoms with Crippen LogP contribution in [0.2, 0.25) is 5.02 Å². The van der Waals surface area contributed by atoms with Gasteiger partial charge in [0, 0.05) is 42.5 Å². The maximum absolute atomic E-state index is 13.2. The van der Waals surface area contributed by atoms with E-state index in [0.717, 1.165) is 35.7 Å². The van der Waals surface area contributed by atoms with E-state index in [1.54, 1.807) is 28.6 Å². The van der Waals surface area contributed by atoms with Gasteiger partial charge in [-0.15, -0.1) is 11.3 Å². The Labute approximate surface area is 217 Å². The van der Waals surface area contributed by atoms with Crippen molar-refractivity contribution >= 4 is 49.0 Å². The molecule has 3 heterocycles. The lowest BCUT2D eigenvalue weighted by Crippen LogP contribution is -2.49. The van der Waals surface area contributed by atoms with Gasteiger partial charge in [-0.25, -0.2) is 18.4 Å². The molecule has 0 saturated carbocycles. The molecule has 1 aromatic carbocycles. The number of thiophene rings is 1. The van der Waals surface area contributed by atoms with Gasteiger partial charge < -0.3 is 4.90 Å². The van der Waals surface area contributed by atoms with Crippen molar-refractivity contribution in [2.24, 2.45) is 11.3 Å². The van der Waals surface area contributed by atoms with Gasteiger partial charge in [0.2, 0.25) is 10.0 Å². The highest BCUT2D eigenvalue weighted by molar-refractivity contribution is 7.89. The minimum atomic E-state index is -3.55. The van der Waals surface area contributed by atoms with E-state index in [4.69, 9.17) is 21.6 Å². The number of sulfonamides is 1. The van der Waals surface area contributed by atoms with Gasteiger partial charge >= 0.3 is 0 Å². The van der Waals surface area contributed by atoms with Crippen LogP contribution in [0.5, 0.6) is 0 Å². The third kappa shape index (κ3) is 4.70. The van der Waals surface area contributed by atoms with Gasteiger partial charge in [0.25, 0.3) is 0 Å². The van der Waals surface area contributed by atoms with Gasteiger partial charge in [-0.1, -0.05) is 39.3 Å². The number of fused-ring (bicyclic) bond motifs is 3. The minimum absolute atomic E-state index is 0.286. The fourth-order valence-electron chi connectivity index (χ4n) is 5.22. The quantitative estimate of drug-likeness (QED) is 0.439. The number of hydrogen-bond donors (Lipinski definition) is 0. The molecular formula is C26H33ClN4O2S2. The van der Waals surface area contributed by atoms with Gasteiger partial charge in [0.15, 0.2) is 0 Å². The lowest BCUT2D eigenvalue weighted by atomic mass is 9.72. The zero-order chi connectivity index (χ0) is 25.0. The molecule has 0 unspecified atom stereocenters. The van der Waals surface area contributed by atoms with E-state index < -0.39 is 10.0 Å². The molecule has 0 amide bonds. The summed E-state index contributed by atoms with van der Waals surface area (Å²) in [6.45, 7) is 11.2. The van der Waals surface area contributed by atoms with E-state index in [1.165, 1.54) is 22.2 Å². The SMILES string of the molecule is CCc1nc(N2CCN(S(=O)(=O)c3ccc(Cl)cc3)CC2)c2c3c(sc2n1)C[C@H](C(C)(C)C)CC3. The van der Waals surface area contributed by atoms with Crippen molar-refractivity contribution in [1.29, 1.82) is 0 Å². The highest BCUT2D eigenvalue weighted by Crippen LogP contribution is 2.45. The number of rotatable bonds is 4.